The molecule has 0 aromatic carbocycles. The molecule has 0 N–H and O–H groups in total. The molecule has 0 spiro atoms. The second-order valence-corrected chi connectivity index (χ2v) is 5.01. The maximum Gasteiger partial charge on any atom is 0.0487 e. The summed E-state index contributed by atoms with van der Waals surface area (Å²) in [6.07, 6.45) is 7.66. The molecular formula is C13H25ClO2. The molecule has 1 atom stereocenters. The van der Waals surface area contributed by atoms with Crippen LogP contribution in [0.2, 0.25) is 0 Å². The Morgan fingerprint density at radius 3 is 2.56 bits per heavy atom. The summed E-state index contributed by atoms with van der Waals surface area (Å²) < 4.78 is 10.6. The quantitative estimate of drug-likeness (QED) is 0.460. The van der Waals surface area contributed by atoms with Crippen molar-refractivity contribution in [3.05, 3.63) is 0 Å². The number of rotatable bonds is 9. The fourth-order valence-electron chi connectivity index (χ4n) is 2.51. The molecule has 3 heteroatoms. The van der Waals surface area contributed by atoms with E-state index in [1.54, 1.807) is 7.11 Å². The second kappa shape index (κ2) is 9.26. The smallest absolute Gasteiger partial charge is 0.0487 e. The Morgan fingerprint density at radius 2 is 1.94 bits per heavy atom. The minimum absolute atomic E-state index is 0.673. The molecule has 0 aromatic rings. The number of methoxy groups -OCH3 is 1. The average molecular weight is 249 g/mol. The molecule has 1 aliphatic rings. The number of hydrogen-bond donors (Lipinski definition) is 0. The van der Waals surface area contributed by atoms with E-state index < -0.39 is 0 Å². The van der Waals surface area contributed by atoms with Crippen molar-refractivity contribution in [1.82, 2.24) is 0 Å². The van der Waals surface area contributed by atoms with Gasteiger partial charge in [-0.2, -0.15) is 0 Å². The summed E-state index contributed by atoms with van der Waals surface area (Å²) in [5.74, 6) is 2.33. The van der Waals surface area contributed by atoms with Crippen LogP contribution in [0.5, 0.6) is 0 Å². The Morgan fingerprint density at radius 1 is 1.19 bits per heavy atom. The van der Waals surface area contributed by atoms with Gasteiger partial charge in [0.25, 0.3) is 0 Å². The minimum Gasteiger partial charge on any atom is -0.385 e. The van der Waals surface area contributed by atoms with Gasteiger partial charge in [0.05, 0.1) is 0 Å². The predicted molar refractivity (Wildman–Crippen MR) is 68.1 cm³/mol. The molecule has 0 saturated heterocycles. The molecule has 0 radical (unpaired) electrons. The lowest BCUT2D eigenvalue weighted by atomic mass is 9.90. The normalized spacial score (nSPS) is 19.1. The molecule has 16 heavy (non-hydrogen) atoms. The van der Waals surface area contributed by atoms with Crippen LogP contribution in [0.1, 0.15) is 38.5 Å². The van der Waals surface area contributed by atoms with Crippen LogP contribution in [0.3, 0.4) is 0 Å². The van der Waals surface area contributed by atoms with E-state index in [0.29, 0.717) is 5.92 Å². The molecule has 0 aromatic heterocycles. The lowest BCUT2D eigenvalue weighted by Gasteiger charge is -2.20. The molecular weight excluding hydrogens is 224 g/mol. The van der Waals surface area contributed by atoms with E-state index >= 15 is 0 Å². The summed E-state index contributed by atoms with van der Waals surface area (Å²) in [5.41, 5.74) is 0. The maximum atomic E-state index is 6.03. The van der Waals surface area contributed by atoms with E-state index in [1.807, 2.05) is 0 Å². The highest BCUT2D eigenvalue weighted by Gasteiger charge is 2.23. The van der Waals surface area contributed by atoms with Gasteiger partial charge in [-0.3, -0.25) is 0 Å². The van der Waals surface area contributed by atoms with Crippen molar-refractivity contribution in [1.29, 1.82) is 0 Å². The molecule has 96 valence electrons. The molecule has 0 amide bonds. The summed E-state index contributed by atoms with van der Waals surface area (Å²) in [4.78, 5) is 0. The van der Waals surface area contributed by atoms with E-state index in [2.05, 4.69) is 0 Å². The molecule has 0 aliphatic heterocycles. The van der Waals surface area contributed by atoms with Gasteiger partial charge in [0, 0.05) is 32.8 Å². The van der Waals surface area contributed by atoms with Crippen molar-refractivity contribution < 1.29 is 9.47 Å². The molecule has 1 fully saturated rings. The summed E-state index contributed by atoms with van der Waals surface area (Å²) in [7, 11) is 1.73. The van der Waals surface area contributed by atoms with Crippen LogP contribution in [-0.4, -0.2) is 32.8 Å². The van der Waals surface area contributed by atoms with Gasteiger partial charge in [-0.1, -0.05) is 25.7 Å². The number of halogens is 1. The topological polar surface area (TPSA) is 18.5 Å². The second-order valence-electron chi connectivity index (χ2n) is 4.71. The molecule has 1 aliphatic carbocycles. The highest BCUT2D eigenvalue weighted by molar-refractivity contribution is 6.18. The van der Waals surface area contributed by atoms with Gasteiger partial charge >= 0.3 is 0 Å². The van der Waals surface area contributed by atoms with Crippen molar-refractivity contribution in [2.45, 2.75) is 38.5 Å². The third-order valence-electron chi connectivity index (χ3n) is 3.53. The Labute approximate surface area is 105 Å². The van der Waals surface area contributed by atoms with E-state index in [0.717, 1.165) is 44.5 Å². The standard InChI is InChI=1S/C13H25ClO2/c1-15-8-4-9-16-10-7-13(11-14)12-5-2-3-6-12/h12-13H,2-11H2,1H3. The molecule has 1 unspecified atom stereocenters. The molecule has 2 nitrogen and oxygen atoms in total. The third kappa shape index (κ3) is 5.51. The van der Waals surface area contributed by atoms with E-state index in [-0.39, 0.29) is 0 Å². The Kier molecular flexibility index (Phi) is 8.26. The van der Waals surface area contributed by atoms with Crippen molar-refractivity contribution >= 4 is 11.6 Å². The van der Waals surface area contributed by atoms with Crippen LogP contribution in [0.4, 0.5) is 0 Å². The van der Waals surface area contributed by atoms with Crippen molar-refractivity contribution in [3.8, 4) is 0 Å². The molecule has 1 rings (SSSR count). The highest BCUT2D eigenvalue weighted by atomic mass is 35.5. The van der Waals surface area contributed by atoms with E-state index in [4.69, 9.17) is 21.1 Å². The Bertz CT molecular complexity index is 158. The Hall–Kier alpha value is 0.210. The average Bonchev–Trinajstić information content (AvgIpc) is 2.82. The monoisotopic (exact) mass is 248 g/mol. The van der Waals surface area contributed by atoms with Crippen LogP contribution in [0, 0.1) is 11.8 Å². The van der Waals surface area contributed by atoms with Crippen molar-refractivity contribution in [3.63, 3.8) is 0 Å². The van der Waals surface area contributed by atoms with Crippen molar-refractivity contribution in [2.24, 2.45) is 11.8 Å². The van der Waals surface area contributed by atoms with Gasteiger partial charge in [0.15, 0.2) is 0 Å². The minimum atomic E-state index is 0.673. The first-order valence-corrected chi connectivity index (χ1v) is 7.04. The van der Waals surface area contributed by atoms with Crippen LogP contribution < -0.4 is 0 Å². The fraction of sp³-hybridized carbons (Fsp3) is 1.00. The van der Waals surface area contributed by atoms with Gasteiger partial charge in [-0.25, -0.2) is 0 Å². The molecule has 0 heterocycles. The van der Waals surface area contributed by atoms with Crippen molar-refractivity contribution in [2.75, 3.05) is 32.8 Å². The largest absolute Gasteiger partial charge is 0.385 e. The van der Waals surface area contributed by atoms with Crippen LogP contribution >= 0.6 is 11.6 Å². The zero-order valence-corrected chi connectivity index (χ0v) is 11.2. The summed E-state index contributed by atoms with van der Waals surface area (Å²) >= 11 is 6.03. The van der Waals surface area contributed by atoms with Crippen LogP contribution in [0.25, 0.3) is 0 Å². The zero-order chi connectivity index (χ0) is 11.6. The maximum absolute atomic E-state index is 6.03. The Balaban J connectivity index is 2.00. The van der Waals surface area contributed by atoms with Gasteiger partial charge in [0.1, 0.15) is 0 Å². The summed E-state index contributed by atoms with van der Waals surface area (Å²) in [6.45, 7) is 2.46. The summed E-state index contributed by atoms with van der Waals surface area (Å²) in [6, 6.07) is 0. The third-order valence-corrected chi connectivity index (χ3v) is 3.93. The fourth-order valence-corrected chi connectivity index (χ4v) is 2.92. The lowest BCUT2D eigenvalue weighted by molar-refractivity contribution is 0.0902. The van der Waals surface area contributed by atoms with Gasteiger partial charge in [0.2, 0.25) is 0 Å². The van der Waals surface area contributed by atoms with Gasteiger partial charge in [-0.15, -0.1) is 11.6 Å². The first-order chi connectivity index (χ1) is 7.88. The van der Waals surface area contributed by atoms with Gasteiger partial charge < -0.3 is 9.47 Å². The van der Waals surface area contributed by atoms with E-state index in [9.17, 15) is 0 Å². The first-order valence-electron chi connectivity index (χ1n) is 6.51. The van der Waals surface area contributed by atoms with Gasteiger partial charge in [-0.05, 0) is 24.7 Å². The predicted octanol–water partition coefficient (Wildman–Crippen LogP) is 3.47. The SMILES string of the molecule is COCCCOCCC(CCl)C1CCCC1. The zero-order valence-electron chi connectivity index (χ0n) is 10.4. The molecule has 1 saturated carbocycles. The molecule has 0 bridgehead atoms. The number of hydrogen-bond acceptors (Lipinski definition) is 2. The van der Waals surface area contributed by atoms with Crippen LogP contribution in [0.15, 0.2) is 0 Å². The number of ether oxygens (including phenoxy) is 2. The van der Waals surface area contributed by atoms with Crippen LogP contribution in [-0.2, 0) is 9.47 Å². The summed E-state index contributed by atoms with van der Waals surface area (Å²) in [5, 5.41) is 0. The highest BCUT2D eigenvalue weighted by Crippen LogP contribution is 2.33. The lowest BCUT2D eigenvalue weighted by Crippen LogP contribution is -2.16. The first kappa shape index (κ1) is 14.3. The van der Waals surface area contributed by atoms with E-state index in [1.165, 1.54) is 25.7 Å². The number of alkyl halides is 1.